The lowest BCUT2D eigenvalue weighted by Gasteiger charge is -2.20. The van der Waals surface area contributed by atoms with E-state index in [1.165, 1.54) is 65.1 Å². The smallest absolute Gasteiger partial charge is 0.279 e. The molecule has 59 heavy (non-hydrogen) atoms. The Labute approximate surface area is 345 Å². The summed E-state index contributed by atoms with van der Waals surface area (Å²) in [4.78, 5) is 5.16. The van der Waals surface area contributed by atoms with Crippen LogP contribution in [-0.2, 0) is 6.42 Å². The summed E-state index contributed by atoms with van der Waals surface area (Å²) >= 11 is 0. The molecule has 11 rings (SSSR count). The van der Waals surface area contributed by atoms with Crippen LogP contribution in [0.5, 0.6) is 0 Å². The Morgan fingerprint density at radius 3 is 2.14 bits per heavy atom. The fourth-order valence-corrected chi connectivity index (χ4v) is 9.37. The molecule has 9 aromatic rings. The second kappa shape index (κ2) is 14.7. The molecule has 0 spiro atoms. The first-order valence-electron chi connectivity index (χ1n) is 21.5. The molecule has 2 aromatic heterocycles. The first kappa shape index (κ1) is 35.6. The fraction of sp³-hybridized carbons (Fsp3) is 0.200. The zero-order valence-electron chi connectivity index (χ0n) is 33.8. The summed E-state index contributed by atoms with van der Waals surface area (Å²) in [5, 5.41) is 4.73. The van der Waals surface area contributed by atoms with E-state index in [1.807, 2.05) is 12.1 Å². The van der Waals surface area contributed by atoms with Gasteiger partial charge in [-0.2, -0.15) is 4.58 Å². The van der Waals surface area contributed by atoms with E-state index in [9.17, 15) is 0 Å². The average Bonchev–Trinajstić information content (AvgIpc) is 3.94. The number of benzene rings is 7. The van der Waals surface area contributed by atoms with Crippen molar-refractivity contribution in [2.75, 3.05) is 0 Å². The molecule has 3 heterocycles. The van der Waals surface area contributed by atoms with Crippen LogP contribution in [0.25, 0.3) is 60.6 Å². The Morgan fingerprint density at radius 2 is 1.32 bits per heavy atom. The van der Waals surface area contributed by atoms with Crippen LogP contribution in [0.3, 0.4) is 0 Å². The molecule has 2 atom stereocenters. The highest BCUT2D eigenvalue weighted by atomic mass is 16.3. The third-order valence-corrected chi connectivity index (χ3v) is 13.1. The second-order valence-electron chi connectivity index (χ2n) is 17.1. The maximum Gasteiger partial charge on any atom is 0.279 e. The average molecular weight is 767 g/mol. The van der Waals surface area contributed by atoms with E-state index in [1.54, 1.807) is 0 Å². The Kier molecular flexibility index (Phi) is 8.87. The summed E-state index contributed by atoms with van der Waals surface area (Å²) in [5.74, 6) is 4.36. The predicted molar refractivity (Wildman–Crippen MR) is 246 cm³/mol. The minimum atomic E-state index is 0.675. The summed E-state index contributed by atoms with van der Waals surface area (Å²) in [6.45, 7) is 4.89. The van der Waals surface area contributed by atoms with Crippen LogP contribution in [0.4, 0.5) is 5.69 Å². The van der Waals surface area contributed by atoms with E-state index in [-0.39, 0.29) is 0 Å². The third-order valence-electron chi connectivity index (χ3n) is 13.1. The molecule has 288 valence electrons. The maximum atomic E-state index is 6.37. The minimum absolute atomic E-state index is 0.675. The first-order chi connectivity index (χ1) is 29.1. The fourth-order valence-electron chi connectivity index (χ4n) is 9.37. The van der Waals surface area contributed by atoms with Gasteiger partial charge in [0, 0.05) is 33.3 Å². The van der Waals surface area contributed by atoms with Gasteiger partial charge in [0.05, 0.1) is 22.2 Å². The lowest BCUT2D eigenvalue weighted by atomic mass is 9.85. The van der Waals surface area contributed by atoms with Crippen molar-refractivity contribution in [1.29, 1.82) is 0 Å². The topological polar surface area (TPSA) is 33.4 Å². The Bertz CT molecular complexity index is 3070. The summed E-state index contributed by atoms with van der Waals surface area (Å²) in [6, 6.07) is 59.0. The van der Waals surface area contributed by atoms with Gasteiger partial charge < -0.3 is 8.98 Å². The van der Waals surface area contributed by atoms with Gasteiger partial charge in [-0.1, -0.05) is 142 Å². The van der Waals surface area contributed by atoms with Crippen molar-refractivity contribution in [2.24, 2.45) is 22.7 Å². The molecule has 1 saturated carbocycles. The third kappa shape index (κ3) is 6.57. The zero-order valence-corrected chi connectivity index (χ0v) is 33.8. The monoisotopic (exact) mass is 766 g/mol. The molecule has 1 fully saturated rings. The summed E-state index contributed by atoms with van der Waals surface area (Å²) in [6.07, 6.45) is 8.22. The largest absolute Gasteiger partial charge is 0.456 e. The highest BCUT2D eigenvalue weighted by Gasteiger charge is 2.33. The zero-order chi connectivity index (χ0) is 39.5. The van der Waals surface area contributed by atoms with Crippen LogP contribution in [0.15, 0.2) is 173 Å². The SMILES string of the molecule is CC(CCCC1CC1)C(C)Cc1cccc(-c2ccc(C3=[N+](c4ccc(-n5c6ccccc6c6cc7c(cc65)oc5ccccc57)cc4)C(c4ccccc4)=N3)cc2)c1. The van der Waals surface area contributed by atoms with Gasteiger partial charge in [0.1, 0.15) is 16.9 Å². The van der Waals surface area contributed by atoms with E-state index in [0.29, 0.717) is 5.92 Å². The molecule has 2 aliphatic rings. The lowest BCUT2D eigenvalue weighted by Crippen LogP contribution is -2.34. The van der Waals surface area contributed by atoms with Crippen molar-refractivity contribution < 1.29 is 8.99 Å². The Morgan fingerprint density at radius 1 is 0.593 bits per heavy atom. The number of hydrogen-bond acceptors (Lipinski definition) is 2. The van der Waals surface area contributed by atoms with E-state index in [0.717, 1.165) is 79.9 Å². The molecule has 0 radical (unpaired) electrons. The van der Waals surface area contributed by atoms with Gasteiger partial charge in [-0.15, -0.1) is 0 Å². The van der Waals surface area contributed by atoms with Crippen LogP contribution in [0, 0.1) is 17.8 Å². The quantitative estimate of drug-likeness (QED) is 0.114. The molecule has 0 N–H and O–H groups in total. The van der Waals surface area contributed by atoms with Crippen LogP contribution in [0.2, 0.25) is 0 Å². The molecule has 0 bridgehead atoms. The van der Waals surface area contributed by atoms with Crippen molar-refractivity contribution in [1.82, 2.24) is 4.57 Å². The van der Waals surface area contributed by atoms with Crippen molar-refractivity contribution in [2.45, 2.75) is 52.4 Å². The number of fused-ring (bicyclic) bond motifs is 6. The van der Waals surface area contributed by atoms with Crippen molar-refractivity contribution in [3.8, 4) is 16.8 Å². The normalized spacial score (nSPS) is 15.3. The van der Waals surface area contributed by atoms with Crippen molar-refractivity contribution in [3.63, 3.8) is 0 Å². The molecule has 4 heteroatoms. The number of hydrogen-bond donors (Lipinski definition) is 0. The van der Waals surface area contributed by atoms with E-state index in [2.05, 4.69) is 175 Å². The van der Waals surface area contributed by atoms with Crippen molar-refractivity contribution >= 4 is 61.1 Å². The number of furan rings is 1. The number of aliphatic imine (C=N–C) groups is 1. The number of amidine groups is 2. The van der Waals surface area contributed by atoms with Gasteiger partial charge in [-0.3, -0.25) is 0 Å². The molecular weight excluding hydrogens is 719 g/mol. The minimum Gasteiger partial charge on any atom is -0.456 e. The molecule has 4 nitrogen and oxygen atoms in total. The van der Waals surface area contributed by atoms with Crippen LogP contribution >= 0.6 is 0 Å². The molecule has 0 saturated heterocycles. The molecule has 7 aromatic carbocycles. The number of para-hydroxylation sites is 2. The molecule has 1 aliphatic carbocycles. The predicted octanol–water partition coefficient (Wildman–Crippen LogP) is 14.3. The van der Waals surface area contributed by atoms with E-state index >= 15 is 0 Å². The lowest BCUT2D eigenvalue weighted by molar-refractivity contribution is -0.319. The standard InChI is InChI=1S/C55H48N3O/c1-36(12-10-13-38-22-23-38)37(2)32-39-14-11-17-43(33-39)40-24-26-42(27-25-40)55-56-54(41-15-4-3-5-16-41)58(55)45-30-28-44(29-31-45)57-50-20-8-6-18-46(50)48-34-49-47-19-7-9-21-52(47)59-53(49)35-51(48)57/h3-9,11,14-21,24-31,33-38H,10,12-13,22-23,32H2,1-2H3/q+1. The Hall–Kier alpha value is -6.52. The van der Waals surface area contributed by atoms with Crippen LogP contribution in [0.1, 0.15) is 62.6 Å². The number of aromatic nitrogens is 1. The maximum absolute atomic E-state index is 6.37. The highest BCUT2D eigenvalue weighted by molar-refractivity contribution is 6.18. The Balaban J connectivity index is 0.908. The second-order valence-corrected chi connectivity index (χ2v) is 17.1. The molecular formula is C55H48N3O+. The van der Waals surface area contributed by atoms with E-state index < -0.39 is 0 Å². The molecule has 0 amide bonds. The van der Waals surface area contributed by atoms with Gasteiger partial charge in [0.25, 0.3) is 11.7 Å². The first-order valence-corrected chi connectivity index (χ1v) is 21.5. The van der Waals surface area contributed by atoms with Crippen molar-refractivity contribution in [3.05, 3.63) is 180 Å². The molecule has 1 aliphatic heterocycles. The summed E-state index contributed by atoms with van der Waals surface area (Å²) in [5.41, 5.74) is 12.4. The van der Waals surface area contributed by atoms with Crippen LogP contribution < -0.4 is 0 Å². The summed E-state index contributed by atoms with van der Waals surface area (Å²) < 4.78 is 11.0. The van der Waals surface area contributed by atoms with Gasteiger partial charge in [0.15, 0.2) is 0 Å². The highest BCUT2D eigenvalue weighted by Crippen LogP contribution is 2.39. The van der Waals surface area contributed by atoms with Gasteiger partial charge >= 0.3 is 0 Å². The molecule has 2 unspecified atom stereocenters. The number of rotatable bonds is 12. The van der Waals surface area contributed by atoms with Gasteiger partial charge in [0.2, 0.25) is 0 Å². The van der Waals surface area contributed by atoms with Gasteiger partial charge in [-0.25, -0.2) is 0 Å². The van der Waals surface area contributed by atoms with Gasteiger partial charge in [-0.05, 0) is 108 Å². The summed E-state index contributed by atoms with van der Waals surface area (Å²) in [7, 11) is 0. The number of nitrogens with zero attached hydrogens (tertiary/aromatic N) is 3. The van der Waals surface area contributed by atoms with E-state index in [4.69, 9.17) is 9.41 Å². The van der Waals surface area contributed by atoms with Crippen LogP contribution in [-0.4, -0.2) is 20.8 Å².